The summed E-state index contributed by atoms with van der Waals surface area (Å²) in [4.78, 5) is 26.5. The number of esters is 1. The molecule has 2 aliphatic rings. The highest BCUT2D eigenvalue weighted by molar-refractivity contribution is 5.77. The molecule has 0 amide bonds. The number of halogens is 1. The molecule has 1 aliphatic carbocycles. The van der Waals surface area contributed by atoms with E-state index in [4.69, 9.17) is 4.74 Å². The van der Waals surface area contributed by atoms with E-state index < -0.39 is 5.41 Å². The van der Waals surface area contributed by atoms with E-state index in [-0.39, 0.29) is 23.6 Å². The molecule has 142 valence electrons. The van der Waals surface area contributed by atoms with Crippen LogP contribution in [0, 0.1) is 17.2 Å². The Balaban J connectivity index is 1.76. The number of carbonyl (C=O) groups is 2. The fourth-order valence-corrected chi connectivity index (χ4v) is 4.64. The molecule has 1 aromatic carbocycles. The van der Waals surface area contributed by atoms with Crippen LogP contribution in [0.3, 0.4) is 0 Å². The van der Waals surface area contributed by atoms with E-state index in [0.717, 1.165) is 44.0 Å². The molecule has 1 saturated carbocycles. The lowest BCUT2D eigenvalue weighted by molar-refractivity contribution is -0.159. The van der Waals surface area contributed by atoms with E-state index in [1.165, 1.54) is 12.1 Å². The van der Waals surface area contributed by atoms with Gasteiger partial charge >= 0.3 is 5.97 Å². The molecule has 1 aliphatic heterocycles. The minimum Gasteiger partial charge on any atom is -0.466 e. The molecule has 0 spiro atoms. The van der Waals surface area contributed by atoms with Crippen LogP contribution in [-0.2, 0) is 14.3 Å². The Morgan fingerprint density at radius 1 is 1.31 bits per heavy atom. The van der Waals surface area contributed by atoms with Gasteiger partial charge in [-0.3, -0.25) is 4.79 Å². The third-order valence-electron chi connectivity index (χ3n) is 5.94. The van der Waals surface area contributed by atoms with E-state index in [9.17, 15) is 14.0 Å². The molecule has 0 aromatic heterocycles. The Morgan fingerprint density at radius 3 is 2.73 bits per heavy atom. The minimum absolute atomic E-state index is 0.0222. The standard InChI is InChI=1S/C21H28FNO3/c1-2-26-20(25)21(9-4-3-5-10-21)15-23-12-17(14-24)19(13-23)16-7-6-8-18(22)11-16/h6-8,11,14,17,19H,2-5,9-10,12-13,15H2,1H3/t17-,19-/m1/s1. The fraction of sp³-hybridized carbons (Fsp3) is 0.619. The van der Waals surface area contributed by atoms with Gasteiger partial charge in [-0.2, -0.15) is 0 Å². The molecule has 0 unspecified atom stereocenters. The van der Waals surface area contributed by atoms with E-state index in [2.05, 4.69) is 4.90 Å². The van der Waals surface area contributed by atoms with Gasteiger partial charge in [0.2, 0.25) is 0 Å². The summed E-state index contributed by atoms with van der Waals surface area (Å²) in [6.07, 6.45) is 5.91. The third kappa shape index (κ3) is 3.98. The molecule has 1 aromatic rings. The molecule has 2 atom stereocenters. The van der Waals surface area contributed by atoms with Gasteiger partial charge in [0.15, 0.2) is 0 Å². The summed E-state index contributed by atoms with van der Waals surface area (Å²) >= 11 is 0. The normalized spacial score (nSPS) is 25.8. The summed E-state index contributed by atoms with van der Waals surface area (Å²) in [6, 6.07) is 6.52. The number of carbonyl (C=O) groups excluding carboxylic acids is 2. The predicted molar refractivity (Wildman–Crippen MR) is 97.3 cm³/mol. The molecule has 1 heterocycles. The van der Waals surface area contributed by atoms with Crippen LogP contribution in [0.5, 0.6) is 0 Å². The number of rotatable bonds is 6. The van der Waals surface area contributed by atoms with E-state index >= 15 is 0 Å². The second-order valence-corrected chi connectivity index (χ2v) is 7.72. The van der Waals surface area contributed by atoms with Crippen molar-refractivity contribution in [3.05, 3.63) is 35.6 Å². The zero-order chi connectivity index (χ0) is 18.6. The number of nitrogens with zero attached hydrogens (tertiary/aromatic N) is 1. The Labute approximate surface area is 154 Å². The van der Waals surface area contributed by atoms with Crippen molar-refractivity contribution >= 4 is 12.3 Å². The molecule has 1 saturated heterocycles. The van der Waals surface area contributed by atoms with Crippen LogP contribution < -0.4 is 0 Å². The van der Waals surface area contributed by atoms with Gasteiger partial charge in [0.05, 0.1) is 12.0 Å². The highest BCUT2D eigenvalue weighted by Gasteiger charge is 2.45. The zero-order valence-corrected chi connectivity index (χ0v) is 15.5. The van der Waals surface area contributed by atoms with Crippen molar-refractivity contribution in [1.82, 2.24) is 4.90 Å². The van der Waals surface area contributed by atoms with Gasteiger partial charge in [-0.25, -0.2) is 4.39 Å². The second kappa shape index (κ2) is 8.30. The number of likely N-dealkylation sites (tertiary alicyclic amines) is 1. The maximum atomic E-state index is 13.6. The van der Waals surface area contributed by atoms with Crippen molar-refractivity contribution in [2.45, 2.75) is 44.9 Å². The maximum Gasteiger partial charge on any atom is 0.313 e. The van der Waals surface area contributed by atoms with E-state index in [1.807, 2.05) is 13.0 Å². The number of hydrogen-bond donors (Lipinski definition) is 0. The first-order valence-electron chi connectivity index (χ1n) is 9.68. The smallest absolute Gasteiger partial charge is 0.313 e. The largest absolute Gasteiger partial charge is 0.466 e. The quantitative estimate of drug-likeness (QED) is 0.574. The highest BCUT2D eigenvalue weighted by atomic mass is 19.1. The Morgan fingerprint density at radius 2 is 2.08 bits per heavy atom. The zero-order valence-electron chi connectivity index (χ0n) is 15.5. The van der Waals surface area contributed by atoms with Gasteiger partial charge in [0.1, 0.15) is 12.1 Å². The van der Waals surface area contributed by atoms with Crippen molar-refractivity contribution in [3.8, 4) is 0 Å². The minimum atomic E-state index is -0.460. The first-order valence-corrected chi connectivity index (χ1v) is 9.68. The molecule has 3 rings (SSSR count). The van der Waals surface area contributed by atoms with Crippen LogP contribution in [0.2, 0.25) is 0 Å². The monoisotopic (exact) mass is 361 g/mol. The lowest BCUT2D eigenvalue weighted by atomic mass is 9.73. The third-order valence-corrected chi connectivity index (χ3v) is 5.94. The van der Waals surface area contributed by atoms with Crippen LogP contribution in [0.25, 0.3) is 0 Å². The van der Waals surface area contributed by atoms with Crippen LogP contribution in [-0.4, -0.2) is 43.4 Å². The molecular formula is C21H28FNO3. The van der Waals surface area contributed by atoms with Crippen molar-refractivity contribution < 1.29 is 18.7 Å². The topological polar surface area (TPSA) is 46.6 Å². The van der Waals surface area contributed by atoms with E-state index in [1.54, 1.807) is 6.07 Å². The van der Waals surface area contributed by atoms with Gasteiger partial charge < -0.3 is 14.4 Å². The molecule has 0 N–H and O–H groups in total. The maximum absolute atomic E-state index is 13.6. The summed E-state index contributed by atoms with van der Waals surface area (Å²) in [5.41, 5.74) is 0.400. The number of benzene rings is 1. The molecule has 2 fully saturated rings. The van der Waals surface area contributed by atoms with Crippen molar-refractivity contribution in [3.63, 3.8) is 0 Å². The summed E-state index contributed by atoms with van der Waals surface area (Å²) in [6.45, 7) is 4.15. The Hall–Kier alpha value is -1.75. The van der Waals surface area contributed by atoms with Gasteiger partial charge in [-0.15, -0.1) is 0 Å². The molecule has 0 bridgehead atoms. The first-order chi connectivity index (χ1) is 12.6. The van der Waals surface area contributed by atoms with Crippen molar-refractivity contribution in [1.29, 1.82) is 0 Å². The average molecular weight is 361 g/mol. The van der Waals surface area contributed by atoms with E-state index in [0.29, 0.717) is 26.2 Å². The SMILES string of the molecule is CCOC(=O)C1(CN2C[C@H](c3cccc(F)c3)[C@@H](C=O)C2)CCCCC1. The molecule has 26 heavy (non-hydrogen) atoms. The van der Waals surface area contributed by atoms with Gasteiger partial charge in [0.25, 0.3) is 0 Å². The summed E-state index contributed by atoms with van der Waals surface area (Å²) in [7, 11) is 0. The molecule has 5 heteroatoms. The van der Waals surface area contributed by atoms with Crippen LogP contribution >= 0.6 is 0 Å². The van der Waals surface area contributed by atoms with Crippen LogP contribution in [0.1, 0.15) is 50.5 Å². The lowest BCUT2D eigenvalue weighted by Crippen LogP contribution is -2.45. The predicted octanol–water partition coefficient (Wildman–Crippen LogP) is 3.55. The van der Waals surface area contributed by atoms with Crippen molar-refractivity contribution in [2.24, 2.45) is 11.3 Å². The molecule has 0 radical (unpaired) electrons. The second-order valence-electron chi connectivity index (χ2n) is 7.72. The average Bonchev–Trinajstić information content (AvgIpc) is 3.05. The summed E-state index contributed by atoms with van der Waals surface area (Å²) < 4.78 is 19.0. The Kier molecular flexibility index (Phi) is 6.07. The van der Waals surface area contributed by atoms with Crippen LogP contribution in [0.15, 0.2) is 24.3 Å². The van der Waals surface area contributed by atoms with Gasteiger partial charge in [0, 0.05) is 31.5 Å². The molecule has 4 nitrogen and oxygen atoms in total. The van der Waals surface area contributed by atoms with Crippen molar-refractivity contribution in [2.75, 3.05) is 26.2 Å². The summed E-state index contributed by atoms with van der Waals surface area (Å²) in [5, 5.41) is 0. The van der Waals surface area contributed by atoms with Gasteiger partial charge in [-0.1, -0.05) is 31.4 Å². The molecular weight excluding hydrogens is 333 g/mol. The number of ether oxygens (including phenoxy) is 1. The first kappa shape index (κ1) is 19.0. The summed E-state index contributed by atoms with van der Waals surface area (Å²) in [5.74, 6) is -0.567. The highest BCUT2D eigenvalue weighted by Crippen LogP contribution is 2.41. The van der Waals surface area contributed by atoms with Crippen LogP contribution in [0.4, 0.5) is 4.39 Å². The fourth-order valence-electron chi connectivity index (χ4n) is 4.64. The Bertz CT molecular complexity index is 642. The van der Waals surface area contributed by atoms with Gasteiger partial charge in [-0.05, 0) is 37.5 Å². The number of aldehydes is 1. The number of hydrogen-bond acceptors (Lipinski definition) is 4. The lowest BCUT2D eigenvalue weighted by Gasteiger charge is -2.37.